The number of methoxy groups -OCH3 is 1. The minimum absolute atomic E-state index is 0.0791. The first-order chi connectivity index (χ1) is 15.6. The van der Waals surface area contributed by atoms with Crippen molar-refractivity contribution in [3.63, 3.8) is 0 Å². The molecular formula is C23H23N5O4. The molecule has 4 N–H and O–H groups in total. The van der Waals surface area contributed by atoms with Gasteiger partial charge in [-0.05, 0) is 17.7 Å². The van der Waals surface area contributed by atoms with E-state index in [0.29, 0.717) is 12.2 Å². The zero-order valence-corrected chi connectivity index (χ0v) is 17.5. The van der Waals surface area contributed by atoms with Crippen LogP contribution in [-0.2, 0) is 17.8 Å². The van der Waals surface area contributed by atoms with E-state index in [9.17, 15) is 14.4 Å². The summed E-state index contributed by atoms with van der Waals surface area (Å²) >= 11 is 0. The quantitative estimate of drug-likeness (QED) is 0.340. The lowest BCUT2D eigenvalue weighted by Gasteiger charge is -2.17. The summed E-state index contributed by atoms with van der Waals surface area (Å²) in [5.74, 6) is -0.393. The summed E-state index contributed by atoms with van der Waals surface area (Å²) in [5, 5.41) is 6.67. The highest BCUT2D eigenvalue weighted by molar-refractivity contribution is 6.06. The van der Waals surface area contributed by atoms with E-state index in [4.69, 9.17) is 4.74 Å². The number of carbonyl (C=O) groups is 1. The molecule has 0 unspecified atom stereocenters. The molecule has 0 aliphatic heterocycles. The summed E-state index contributed by atoms with van der Waals surface area (Å²) in [6.45, 7) is 0.704. The number of ether oxygens (including phenoxy) is 1. The maximum atomic E-state index is 13.0. The van der Waals surface area contributed by atoms with Crippen molar-refractivity contribution in [3.8, 4) is 0 Å². The summed E-state index contributed by atoms with van der Waals surface area (Å²) in [5.41, 5.74) is 0.897. The number of nitrogens with one attached hydrogen (secondary N) is 4. The number of benzene rings is 2. The first-order valence-corrected chi connectivity index (χ1v) is 10.1. The Bertz CT molecular complexity index is 1320. The number of hydrogen-bond acceptors (Lipinski definition) is 5. The first-order valence-electron chi connectivity index (χ1n) is 10.1. The van der Waals surface area contributed by atoms with Crippen LogP contribution in [0.15, 0.2) is 70.3 Å². The normalized spacial score (nSPS) is 10.9. The molecule has 4 rings (SSSR count). The van der Waals surface area contributed by atoms with Crippen LogP contribution in [-0.4, -0.2) is 34.2 Å². The molecule has 0 aliphatic carbocycles. The van der Waals surface area contributed by atoms with Crippen LogP contribution < -0.4 is 21.9 Å². The predicted molar refractivity (Wildman–Crippen MR) is 123 cm³/mol. The molecule has 9 heteroatoms. The van der Waals surface area contributed by atoms with Gasteiger partial charge in [0, 0.05) is 24.6 Å². The van der Waals surface area contributed by atoms with Crippen molar-refractivity contribution in [2.75, 3.05) is 24.4 Å². The Kier molecular flexibility index (Phi) is 6.18. The van der Waals surface area contributed by atoms with Gasteiger partial charge in [-0.2, -0.15) is 0 Å². The van der Waals surface area contributed by atoms with E-state index in [1.54, 1.807) is 6.07 Å². The summed E-state index contributed by atoms with van der Waals surface area (Å²) in [6, 6.07) is 18.7. The standard InChI is InChI=1S/C23H23N5O4/c1-32-12-11-28-20(26-21(29)18-13-16-9-5-6-10-17(16)25-18)19(22(30)27-23(28)31)24-14-15-7-3-2-4-8-15/h2-10,13,24-25H,11-12,14H2,1H3,(H,26,29)(H,27,30,31). The van der Waals surface area contributed by atoms with Gasteiger partial charge in [-0.15, -0.1) is 0 Å². The van der Waals surface area contributed by atoms with Gasteiger partial charge in [-0.1, -0.05) is 48.5 Å². The molecule has 2 heterocycles. The molecule has 32 heavy (non-hydrogen) atoms. The van der Waals surface area contributed by atoms with Gasteiger partial charge >= 0.3 is 5.69 Å². The molecule has 0 fully saturated rings. The third-order valence-corrected chi connectivity index (χ3v) is 5.04. The van der Waals surface area contributed by atoms with Crippen molar-refractivity contribution < 1.29 is 9.53 Å². The number of aromatic nitrogens is 3. The summed E-state index contributed by atoms with van der Waals surface area (Å²) in [7, 11) is 1.51. The van der Waals surface area contributed by atoms with E-state index in [1.807, 2.05) is 54.6 Å². The number of amides is 1. The van der Waals surface area contributed by atoms with Crippen molar-refractivity contribution >= 4 is 28.3 Å². The van der Waals surface area contributed by atoms with E-state index >= 15 is 0 Å². The molecule has 0 saturated carbocycles. The fourth-order valence-corrected chi connectivity index (χ4v) is 3.42. The van der Waals surface area contributed by atoms with Crippen LogP contribution in [0.1, 0.15) is 16.1 Å². The average molecular weight is 433 g/mol. The van der Waals surface area contributed by atoms with Crippen molar-refractivity contribution in [1.29, 1.82) is 0 Å². The molecule has 0 radical (unpaired) electrons. The van der Waals surface area contributed by atoms with Crippen molar-refractivity contribution in [1.82, 2.24) is 14.5 Å². The summed E-state index contributed by atoms with van der Waals surface area (Å²) < 4.78 is 6.37. The molecule has 9 nitrogen and oxygen atoms in total. The molecule has 0 bridgehead atoms. The average Bonchev–Trinajstić information content (AvgIpc) is 3.24. The van der Waals surface area contributed by atoms with Gasteiger partial charge in [0.25, 0.3) is 11.5 Å². The number of hydrogen-bond donors (Lipinski definition) is 4. The minimum Gasteiger partial charge on any atom is -0.383 e. The summed E-state index contributed by atoms with van der Waals surface area (Å²) in [4.78, 5) is 43.5. The Labute approximate surface area is 183 Å². The van der Waals surface area contributed by atoms with Gasteiger partial charge in [-0.3, -0.25) is 19.1 Å². The van der Waals surface area contributed by atoms with Crippen LogP contribution in [0.2, 0.25) is 0 Å². The van der Waals surface area contributed by atoms with E-state index in [1.165, 1.54) is 11.7 Å². The van der Waals surface area contributed by atoms with Crippen LogP contribution in [0, 0.1) is 0 Å². The molecule has 164 valence electrons. The number of H-pyrrole nitrogens is 2. The van der Waals surface area contributed by atoms with Crippen LogP contribution in [0.3, 0.4) is 0 Å². The van der Waals surface area contributed by atoms with Gasteiger partial charge in [0.1, 0.15) is 17.2 Å². The summed E-state index contributed by atoms with van der Waals surface area (Å²) in [6.07, 6.45) is 0. The molecular weight excluding hydrogens is 410 g/mol. The lowest BCUT2D eigenvalue weighted by atomic mass is 10.2. The highest BCUT2D eigenvalue weighted by Crippen LogP contribution is 2.20. The fraction of sp³-hybridized carbons (Fsp3) is 0.174. The lowest BCUT2D eigenvalue weighted by Crippen LogP contribution is -2.36. The molecule has 4 aromatic rings. The monoisotopic (exact) mass is 433 g/mol. The Morgan fingerprint density at radius 2 is 1.78 bits per heavy atom. The first kappa shape index (κ1) is 21.1. The highest BCUT2D eigenvalue weighted by Gasteiger charge is 2.19. The number of fused-ring (bicyclic) bond motifs is 1. The zero-order valence-electron chi connectivity index (χ0n) is 17.5. The molecule has 1 amide bonds. The fourth-order valence-electron chi connectivity index (χ4n) is 3.42. The Morgan fingerprint density at radius 1 is 1.03 bits per heavy atom. The lowest BCUT2D eigenvalue weighted by molar-refractivity contribution is 0.102. The van der Waals surface area contributed by atoms with E-state index in [0.717, 1.165) is 16.5 Å². The minimum atomic E-state index is -0.635. The topological polar surface area (TPSA) is 121 Å². The number of aromatic amines is 2. The molecule has 0 atom stereocenters. The Balaban J connectivity index is 1.71. The number of anilines is 2. The number of carbonyl (C=O) groups excluding carboxylic acids is 1. The van der Waals surface area contributed by atoms with Crippen molar-refractivity contribution in [3.05, 3.63) is 92.8 Å². The smallest absolute Gasteiger partial charge is 0.330 e. The largest absolute Gasteiger partial charge is 0.383 e. The highest BCUT2D eigenvalue weighted by atomic mass is 16.5. The van der Waals surface area contributed by atoms with Crippen LogP contribution in [0.25, 0.3) is 10.9 Å². The van der Waals surface area contributed by atoms with E-state index < -0.39 is 17.2 Å². The van der Waals surface area contributed by atoms with Gasteiger partial charge in [0.15, 0.2) is 0 Å². The second-order valence-corrected chi connectivity index (χ2v) is 7.19. The number of para-hydroxylation sites is 1. The van der Waals surface area contributed by atoms with Gasteiger partial charge in [0.2, 0.25) is 0 Å². The maximum absolute atomic E-state index is 13.0. The molecule has 0 spiro atoms. The zero-order chi connectivity index (χ0) is 22.5. The van der Waals surface area contributed by atoms with Gasteiger partial charge in [0.05, 0.1) is 13.2 Å². The van der Waals surface area contributed by atoms with Crippen LogP contribution in [0.4, 0.5) is 11.5 Å². The van der Waals surface area contributed by atoms with E-state index in [-0.39, 0.29) is 24.7 Å². The van der Waals surface area contributed by atoms with Crippen molar-refractivity contribution in [2.45, 2.75) is 13.1 Å². The van der Waals surface area contributed by atoms with Gasteiger partial charge < -0.3 is 20.4 Å². The molecule has 2 aromatic carbocycles. The third kappa shape index (κ3) is 4.47. The van der Waals surface area contributed by atoms with E-state index in [2.05, 4.69) is 20.6 Å². The second-order valence-electron chi connectivity index (χ2n) is 7.19. The predicted octanol–water partition coefficient (Wildman–Crippen LogP) is 2.53. The second kappa shape index (κ2) is 9.36. The maximum Gasteiger partial charge on any atom is 0.330 e. The van der Waals surface area contributed by atoms with Crippen molar-refractivity contribution in [2.24, 2.45) is 0 Å². The van der Waals surface area contributed by atoms with Crippen LogP contribution >= 0.6 is 0 Å². The molecule has 2 aromatic heterocycles. The Morgan fingerprint density at radius 3 is 2.53 bits per heavy atom. The number of nitrogens with zero attached hydrogens (tertiary/aromatic N) is 1. The third-order valence-electron chi connectivity index (χ3n) is 5.04. The Hall–Kier alpha value is -4.11. The van der Waals surface area contributed by atoms with Gasteiger partial charge in [-0.25, -0.2) is 4.79 Å². The number of rotatable bonds is 8. The SMILES string of the molecule is COCCn1c(NC(=O)c2cc3ccccc3[nH]2)c(NCc2ccccc2)c(=O)[nH]c1=O. The molecule has 0 aliphatic rings. The van der Waals surface area contributed by atoms with Crippen LogP contribution in [0.5, 0.6) is 0 Å². The molecule has 0 saturated heterocycles.